The van der Waals surface area contributed by atoms with E-state index in [0.717, 1.165) is 18.1 Å². The van der Waals surface area contributed by atoms with Crippen LogP contribution in [0, 0.1) is 5.82 Å². The zero-order chi connectivity index (χ0) is 24.6. The second-order valence-electron chi connectivity index (χ2n) is 6.95. The Labute approximate surface area is 186 Å². The molecule has 0 bridgehead atoms. The fraction of sp³-hybridized carbons (Fsp3) is 0.273. The first kappa shape index (κ1) is 25.8. The molecule has 0 aromatic heterocycles. The highest BCUT2D eigenvalue weighted by Crippen LogP contribution is 2.23. The Kier molecular flexibility index (Phi) is 8.92. The largest absolute Gasteiger partial charge is 0.490 e. The molecule has 0 fully saturated rings. The van der Waals surface area contributed by atoms with Crippen LogP contribution >= 0.6 is 0 Å². The number of carboxylic acids is 1. The van der Waals surface area contributed by atoms with Crippen LogP contribution in [0.15, 0.2) is 54.4 Å². The van der Waals surface area contributed by atoms with Gasteiger partial charge in [-0.3, -0.25) is 4.79 Å². The van der Waals surface area contributed by atoms with Gasteiger partial charge in [0.2, 0.25) is 0 Å². The van der Waals surface area contributed by atoms with Crippen LogP contribution in [-0.2, 0) is 17.8 Å². The summed E-state index contributed by atoms with van der Waals surface area (Å²) in [5, 5.41) is 7.12. The predicted molar refractivity (Wildman–Crippen MR) is 109 cm³/mol. The van der Waals surface area contributed by atoms with Crippen molar-refractivity contribution in [3.63, 3.8) is 0 Å². The van der Waals surface area contributed by atoms with E-state index in [0.29, 0.717) is 19.4 Å². The summed E-state index contributed by atoms with van der Waals surface area (Å²) >= 11 is 0. The molecule has 1 amide bonds. The zero-order valence-corrected chi connectivity index (χ0v) is 17.2. The minimum atomic E-state index is -5.08. The number of benzene rings is 2. The number of carbonyl (C=O) groups is 2. The number of amides is 1. The first-order chi connectivity index (χ1) is 15.6. The van der Waals surface area contributed by atoms with Gasteiger partial charge in [-0.2, -0.15) is 13.2 Å². The van der Waals surface area contributed by atoms with Gasteiger partial charge >= 0.3 is 12.1 Å². The zero-order valence-electron chi connectivity index (χ0n) is 17.2. The summed E-state index contributed by atoms with van der Waals surface area (Å²) in [6.45, 7) is 0.956. The van der Waals surface area contributed by atoms with Crippen molar-refractivity contribution in [2.45, 2.75) is 19.1 Å². The van der Waals surface area contributed by atoms with Gasteiger partial charge in [0, 0.05) is 30.8 Å². The lowest BCUT2D eigenvalue weighted by Crippen LogP contribution is -2.35. The molecular formula is C22H21F5N2O4. The van der Waals surface area contributed by atoms with E-state index in [-0.39, 0.29) is 35.9 Å². The molecule has 0 saturated heterocycles. The smallest absolute Gasteiger partial charge is 0.486 e. The van der Waals surface area contributed by atoms with Crippen LogP contribution in [0.4, 0.5) is 22.0 Å². The summed E-state index contributed by atoms with van der Waals surface area (Å²) in [5.41, 5.74) is 8.16. The lowest BCUT2D eigenvalue weighted by molar-refractivity contribution is -0.192. The molecule has 1 aliphatic rings. The third-order valence-corrected chi connectivity index (χ3v) is 4.67. The Balaban J connectivity index is 0.000000479. The third-order valence-electron chi connectivity index (χ3n) is 4.67. The van der Waals surface area contributed by atoms with Crippen molar-refractivity contribution in [3.8, 4) is 5.75 Å². The lowest BCUT2D eigenvalue weighted by atomic mass is 9.99. The quantitative estimate of drug-likeness (QED) is 0.645. The van der Waals surface area contributed by atoms with Gasteiger partial charge in [0.15, 0.2) is 11.6 Å². The standard InChI is InChI=1S/C20H20F2N2O2.C2HF3O2/c21-10-14(11-23)13-26-19-6-5-16(9-18(19)22)20(25)24-8-7-15-3-1-2-4-17(15)12-24;3-2(4,5)1(6)7/h1-6,9-10H,7-8,11-13,23H2;(H,6,7). The van der Waals surface area contributed by atoms with Crippen molar-refractivity contribution >= 4 is 11.9 Å². The third kappa shape index (κ3) is 7.28. The number of nitrogens with zero attached hydrogens (tertiary/aromatic N) is 1. The average Bonchev–Trinajstić information content (AvgIpc) is 2.79. The Morgan fingerprint density at radius 3 is 2.33 bits per heavy atom. The molecule has 0 spiro atoms. The summed E-state index contributed by atoms with van der Waals surface area (Å²) in [6.07, 6.45) is -3.95. The van der Waals surface area contributed by atoms with E-state index < -0.39 is 18.0 Å². The van der Waals surface area contributed by atoms with Crippen molar-refractivity contribution in [2.24, 2.45) is 5.73 Å². The SMILES string of the molecule is NCC(=CF)COc1ccc(C(=O)N2CCc3ccccc3C2)cc1F.O=C(O)C(F)(F)F. The van der Waals surface area contributed by atoms with Crippen LogP contribution < -0.4 is 10.5 Å². The number of nitrogens with two attached hydrogens (primary N) is 1. The molecule has 3 rings (SSSR count). The number of alkyl halides is 3. The summed E-state index contributed by atoms with van der Waals surface area (Å²) in [6, 6.07) is 12.0. The van der Waals surface area contributed by atoms with Gasteiger partial charge in [0.05, 0.1) is 6.33 Å². The number of halogens is 5. The summed E-state index contributed by atoms with van der Waals surface area (Å²) in [7, 11) is 0. The number of hydrogen-bond acceptors (Lipinski definition) is 4. The number of fused-ring (bicyclic) bond motifs is 1. The molecular weight excluding hydrogens is 451 g/mol. The Hall–Kier alpha value is -3.47. The van der Waals surface area contributed by atoms with Crippen molar-refractivity contribution in [2.75, 3.05) is 19.7 Å². The monoisotopic (exact) mass is 472 g/mol. The van der Waals surface area contributed by atoms with Gasteiger partial charge in [-0.25, -0.2) is 13.6 Å². The average molecular weight is 472 g/mol. The maximum atomic E-state index is 14.2. The molecule has 6 nitrogen and oxygen atoms in total. The second-order valence-corrected chi connectivity index (χ2v) is 6.95. The summed E-state index contributed by atoms with van der Waals surface area (Å²) in [5.74, 6) is -3.69. The van der Waals surface area contributed by atoms with Gasteiger partial charge in [0.1, 0.15) is 6.61 Å². The number of rotatable bonds is 5. The highest BCUT2D eigenvalue weighted by atomic mass is 19.4. The van der Waals surface area contributed by atoms with Crippen LogP contribution in [0.3, 0.4) is 0 Å². The van der Waals surface area contributed by atoms with Gasteiger partial charge in [-0.05, 0) is 35.7 Å². The Bertz CT molecular complexity index is 1020. The molecule has 0 aliphatic carbocycles. The van der Waals surface area contributed by atoms with Crippen molar-refractivity contribution < 1.29 is 41.4 Å². The van der Waals surface area contributed by atoms with E-state index in [1.54, 1.807) is 4.90 Å². The molecule has 178 valence electrons. The predicted octanol–water partition coefficient (Wildman–Crippen LogP) is 3.85. The number of ether oxygens (including phenoxy) is 1. The van der Waals surface area contributed by atoms with Crippen molar-refractivity contribution in [3.05, 3.63) is 76.9 Å². The van der Waals surface area contributed by atoms with Crippen LogP contribution in [-0.4, -0.2) is 47.8 Å². The topological polar surface area (TPSA) is 92.9 Å². The molecule has 1 heterocycles. The van der Waals surface area contributed by atoms with E-state index >= 15 is 0 Å². The lowest BCUT2D eigenvalue weighted by Gasteiger charge is -2.29. The minimum Gasteiger partial charge on any atom is -0.486 e. The van der Waals surface area contributed by atoms with Crippen LogP contribution in [0.1, 0.15) is 21.5 Å². The fourth-order valence-corrected chi connectivity index (χ4v) is 2.91. The molecule has 3 N–H and O–H groups in total. The molecule has 11 heteroatoms. The van der Waals surface area contributed by atoms with Gasteiger partial charge in [-0.15, -0.1) is 0 Å². The molecule has 2 aromatic rings. The maximum absolute atomic E-state index is 14.2. The Morgan fingerprint density at radius 1 is 1.15 bits per heavy atom. The molecule has 2 aromatic carbocycles. The Morgan fingerprint density at radius 2 is 1.79 bits per heavy atom. The number of carbonyl (C=O) groups excluding carboxylic acids is 1. The van der Waals surface area contributed by atoms with Crippen molar-refractivity contribution in [1.82, 2.24) is 4.90 Å². The highest BCUT2D eigenvalue weighted by molar-refractivity contribution is 5.94. The van der Waals surface area contributed by atoms with Gasteiger partial charge in [0.25, 0.3) is 5.91 Å². The molecule has 1 aliphatic heterocycles. The van der Waals surface area contributed by atoms with E-state index in [9.17, 15) is 26.7 Å². The molecule has 33 heavy (non-hydrogen) atoms. The first-order valence-corrected chi connectivity index (χ1v) is 9.63. The van der Waals surface area contributed by atoms with E-state index in [1.807, 2.05) is 18.2 Å². The number of hydrogen-bond donors (Lipinski definition) is 2. The number of aliphatic carboxylic acids is 1. The fourth-order valence-electron chi connectivity index (χ4n) is 2.91. The maximum Gasteiger partial charge on any atom is 0.490 e. The summed E-state index contributed by atoms with van der Waals surface area (Å²) in [4.78, 5) is 23.3. The van der Waals surface area contributed by atoms with E-state index in [2.05, 4.69) is 6.07 Å². The highest BCUT2D eigenvalue weighted by Gasteiger charge is 2.38. The second kappa shape index (κ2) is 11.4. The van der Waals surface area contributed by atoms with E-state index in [1.165, 1.54) is 17.7 Å². The molecule has 0 radical (unpaired) electrons. The minimum absolute atomic E-state index is 0.00881. The molecule has 0 atom stereocenters. The van der Waals surface area contributed by atoms with Crippen LogP contribution in [0.2, 0.25) is 0 Å². The summed E-state index contributed by atoms with van der Waals surface area (Å²) < 4.78 is 63.7. The number of carboxylic acid groups (broad SMARTS) is 1. The van der Waals surface area contributed by atoms with E-state index in [4.69, 9.17) is 20.4 Å². The molecule has 0 unspecified atom stereocenters. The molecule has 0 saturated carbocycles. The van der Waals surface area contributed by atoms with Gasteiger partial charge < -0.3 is 20.5 Å². The normalized spacial score (nSPS) is 13.5. The van der Waals surface area contributed by atoms with Crippen molar-refractivity contribution in [1.29, 1.82) is 0 Å². The first-order valence-electron chi connectivity index (χ1n) is 9.63. The van der Waals surface area contributed by atoms with Crippen LogP contribution in [0.5, 0.6) is 5.75 Å². The van der Waals surface area contributed by atoms with Gasteiger partial charge in [-0.1, -0.05) is 24.3 Å². The van der Waals surface area contributed by atoms with Crippen LogP contribution in [0.25, 0.3) is 0 Å².